The van der Waals surface area contributed by atoms with Crippen LogP contribution in [0.25, 0.3) is 31.6 Å². The Hall–Kier alpha value is -2.18. The second-order valence-electron chi connectivity index (χ2n) is 5.38. The number of thiazole rings is 2. The van der Waals surface area contributed by atoms with Gasteiger partial charge in [-0.1, -0.05) is 22.7 Å². The lowest BCUT2D eigenvalue weighted by Gasteiger charge is -2.06. The molecule has 0 fully saturated rings. The smallest absolute Gasteiger partial charge is 0.181 e. The molecule has 4 aromatic rings. The molecule has 0 bridgehead atoms. The number of nitrogen functional groups attached to an aromatic ring is 2. The maximum atomic E-state index is 5.84. The summed E-state index contributed by atoms with van der Waals surface area (Å²) in [6, 6.07) is 8.63. The van der Waals surface area contributed by atoms with Gasteiger partial charge in [-0.15, -0.1) is 0 Å². The SMILES string of the molecule is Cc1cc(-c2cc(C)c3nc(N)sc3c2)cc2sc(N)nc12. The predicted octanol–water partition coefficient (Wildman–Crippen LogP) is 4.35. The number of hydrogen-bond donors (Lipinski definition) is 2. The molecule has 0 saturated heterocycles. The summed E-state index contributed by atoms with van der Waals surface area (Å²) in [5.41, 5.74) is 18.3. The van der Waals surface area contributed by atoms with E-state index >= 15 is 0 Å². The summed E-state index contributed by atoms with van der Waals surface area (Å²) in [5.74, 6) is 0. The van der Waals surface area contributed by atoms with Gasteiger partial charge in [-0.3, -0.25) is 0 Å². The summed E-state index contributed by atoms with van der Waals surface area (Å²) in [6.45, 7) is 4.14. The fraction of sp³-hybridized carbons (Fsp3) is 0.125. The van der Waals surface area contributed by atoms with Crippen molar-refractivity contribution in [2.24, 2.45) is 0 Å². The van der Waals surface area contributed by atoms with Gasteiger partial charge in [0.2, 0.25) is 0 Å². The Labute approximate surface area is 135 Å². The monoisotopic (exact) mass is 326 g/mol. The molecule has 2 aromatic heterocycles. The molecule has 0 radical (unpaired) electrons. The lowest BCUT2D eigenvalue weighted by atomic mass is 10.0. The molecular formula is C16H14N4S2. The Morgan fingerprint density at radius 3 is 1.55 bits per heavy atom. The average Bonchev–Trinajstić information content (AvgIpc) is 3.00. The molecule has 4 rings (SSSR count). The summed E-state index contributed by atoms with van der Waals surface area (Å²) in [4.78, 5) is 8.78. The van der Waals surface area contributed by atoms with E-state index in [-0.39, 0.29) is 0 Å². The Morgan fingerprint density at radius 1 is 0.727 bits per heavy atom. The third-order valence-electron chi connectivity index (χ3n) is 3.74. The Bertz CT molecular complexity index is 946. The van der Waals surface area contributed by atoms with Crippen LogP contribution < -0.4 is 11.5 Å². The number of anilines is 2. The molecule has 4 N–H and O–H groups in total. The minimum absolute atomic E-state index is 0.608. The quantitative estimate of drug-likeness (QED) is 0.545. The van der Waals surface area contributed by atoms with Gasteiger partial charge in [-0.05, 0) is 60.4 Å². The van der Waals surface area contributed by atoms with Crippen LogP contribution in [0, 0.1) is 13.8 Å². The summed E-state index contributed by atoms with van der Waals surface area (Å²) < 4.78 is 2.24. The number of aryl methyl sites for hydroxylation is 2. The fourth-order valence-corrected chi connectivity index (χ4v) is 4.46. The Morgan fingerprint density at radius 2 is 1.14 bits per heavy atom. The molecule has 0 aliphatic carbocycles. The Balaban J connectivity index is 1.97. The van der Waals surface area contributed by atoms with Crippen molar-refractivity contribution in [1.29, 1.82) is 0 Å². The van der Waals surface area contributed by atoms with Crippen molar-refractivity contribution in [3.05, 3.63) is 35.4 Å². The first-order chi connectivity index (χ1) is 10.5. The topological polar surface area (TPSA) is 77.8 Å². The highest BCUT2D eigenvalue weighted by Crippen LogP contribution is 2.35. The van der Waals surface area contributed by atoms with Gasteiger partial charge >= 0.3 is 0 Å². The average molecular weight is 326 g/mol. The molecule has 0 amide bonds. The maximum Gasteiger partial charge on any atom is 0.181 e. The van der Waals surface area contributed by atoms with Gasteiger partial charge in [0.05, 0.1) is 20.4 Å². The van der Waals surface area contributed by atoms with Crippen molar-refractivity contribution < 1.29 is 0 Å². The number of aromatic nitrogens is 2. The van der Waals surface area contributed by atoms with Crippen LogP contribution in [0.5, 0.6) is 0 Å². The van der Waals surface area contributed by atoms with E-state index in [1.54, 1.807) is 0 Å². The molecule has 22 heavy (non-hydrogen) atoms. The van der Waals surface area contributed by atoms with Crippen LogP contribution in [0.3, 0.4) is 0 Å². The molecule has 0 aliphatic heterocycles. The van der Waals surface area contributed by atoms with Crippen LogP contribution >= 0.6 is 22.7 Å². The minimum atomic E-state index is 0.608. The van der Waals surface area contributed by atoms with E-state index in [1.807, 2.05) is 0 Å². The first-order valence-corrected chi connectivity index (χ1v) is 8.48. The zero-order valence-electron chi connectivity index (χ0n) is 12.2. The van der Waals surface area contributed by atoms with Gasteiger partial charge < -0.3 is 11.5 Å². The molecule has 110 valence electrons. The van der Waals surface area contributed by atoms with E-state index in [1.165, 1.54) is 33.8 Å². The van der Waals surface area contributed by atoms with E-state index in [0.29, 0.717) is 10.3 Å². The number of hydrogen-bond acceptors (Lipinski definition) is 6. The maximum absolute atomic E-state index is 5.84. The van der Waals surface area contributed by atoms with E-state index in [9.17, 15) is 0 Å². The van der Waals surface area contributed by atoms with Gasteiger partial charge in [0.25, 0.3) is 0 Å². The van der Waals surface area contributed by atoms with Crippen molar-refractivity contribution in [3.8, 4) is 11.1 Å². The van der Waals surface area contributed by atoms with Crippen molar-refractivity contribution in [3.63, 3.8) is 0 Å². The molecular weight excluding hydrogens is 312 g/mol. The molecule has 2 aromatic carbocycles. The van der Waals surface area contributed by atoms with Gasteiger partial charge in [0.1, 0.15) is 0 Å². The highest BCUT2D eigenvalue weighted by atomic mass is 32.1. The zero-order valence-corrected chi connectivity index (χ0v) is 13.8. The van der Waals surface area contributed by atoms with E-state index in [4.69, 9.17) is 11.5 Å². The lowest BCUT2D eigenvalue weighted by molar-refractivity contribution is 1.41. The second kappa shape index (κ2) is 4.66. The van der Waals surface area contributed by atoms with Gasteiger partial charge in [0.15, 0.2) is 10.3 Å². The molecule has 0 saturated carbocycles. The summed E-state index contributed by atoms with van der Waals surface area (Å²) in [7, 11) is 0. The highest BCUT2D eigenvalue weighted by molar-refractivity contribution is 7.22. The minimum Gasteiger partial charge on any atom is -0.375 e. The fourth-order valence-electron chi connectivity index (χ4n) is 2.76. The molecule has 2 heterocycles. The van der Waals surface area contributed by atoms with E-state index in [0.717, 1.165) is 31.6 Å². The second-order valence-corrected chi connectivity index (χ2v) is 7.51. The number of nitrogens with zero attached hydrogens (tertiary/aromatic N) is 2. The van der Waals surface area contributed by atoms with Crippen molar-refractivity contribution in [2.45, 2.75) is 13.8 Å². The van der Waals surface area contributed by atoms with Gasteiger partial charge in [-0.2, -0.15) is 0 Å². The van der Waals surface area contributed by atoms with Crippen LogP contribution in [0.4, 0.5) is 10.3 Å². The third kappa shape index (κ3) is 2.03. The number of rotatable bonds is 1. The Kier molecular flexibility index (Phi) is 2.85. The van der Waals surface area contributed by atoms with Crippen LogP contribution in [-0.2, 0) is 0 Å². The van der Waals surface area contributed by atoms with Crippen LogP contribution in [-0.4, -0.2) is 9.97 Å². The molecule has 4 nitrogen and oxygen atoms in total. The molecule has 0 aliphatic rings. The van der Waals surface area contributed by atoms with Gasteiger partial charge in [0, 0.05) is 0 Å². The first kappa shape index (κ1) is 13.5. The van der Waals surface area contributed by atoms with Crippen LogP contribution in [0.2, 0.25) is 0 Å². The largest absolute Gasteiger partial charge is 0.375 e. The lowest BCUT2D eigenvalue weighted by Crippen LogP contribution is -1.85. The zero-order chi connectivity index (χ0) is 15.4. The third-order valence-corrected chi connectivity index (χ3v) is 5.40. The van der Waals surface area contributed by atoms with Crippen molar-refractivity contribution in [2.75, 3.05) is 11.5 Å². The number of benzene rings is 2. The standard InChI is InChI=1S/C16H14N4S2/c1-7-3-9(5-11-13(7)19-15(17)21-11)10-4-8(2)14-12(6-10)22-16(18)20-14/h3-6H,1-2H3,(H2,17,19)(H2,18,20). The summed E-state index contributed by atoms with van der Waals surface area (Å²) >= 11 is 3.05. The summed E-state index contributed by atoms with van der Waals surface area (Å²) in [5, 5.41) is 1.22. The predicted molar refractivity (Wildman–Crippen MR) is 96.5 cm³/mol. The molecule has 0 atom stereocenters. The molecule has 0 unspecified atom stereocenters. The normalized spacial score (nSPS) is 11.5. The van der Waals surface area contributed by atoms with Crippen LogP contribution in [0.15, 0.2) is 24.3 Å². The van der Waals surface area contributed by atoms with E-state index in [2.05, 4.69) is 48.1 Å². The number of fused-ring (bicyclic) bond motifs is 2. The summed E-state index contributed by atoms with van der Waals surface area (Å²) in [6.07, 6.45) is 0. The van der Waals surface area contributed by atoms with E-state index < -0.39 is 0 Å². The van der Waals surface area contributed by atoms with Gasteiger partial charge in [-0.25, -0.2) is 9.97 Å². The van der Waals surface area contributed by atoms with Crippen LogP contribution in [0.1, 0.15) is 11.1 Å². The van der Waals surface area contributed by atoms with Crippen molar-refractivity contribution >= 4 is 53.4 Å². The van der Waals surface area contributed by atoms with Crippen molar-refractivity contribution in [1.82, 2.24) is 9.97 Å². The highest BCUT2D eigenvalue weighted by Gasteiger charge is 2.11. The molecule has 6 heteroatoms. The number of nitrogens with two attached hydrogens (primary N) is 2. The first-order valence-electron chi connectivity index (χ1n) is 6.85. The molecule has 0 spiro atoms.